The Balaban J connectivity index is 0.000000810. The van der Waals surface area contributed by atoms with Gasteiger partial charge in [0.25, 0.3) is 0 Å². The molecule has 1 aromatic rings. The Morgan fingerprint density at radius 2 is 1.70 bits per heavy atom. The summed E-state index contributed by atoms with van der Waals surface area (Å²) in [4.78, 5) is 0. The second kappa shape index (κ2) is 4.09. The van der Waals surface area contributed by atoms with Gasteiger partial charge in [-0.1, -0.05) is 0 Å². The zero-order valence-electron chi connectivity index (χ0n) is 5.14. The van der Waals surface area contributed by atoms with Crippen molar-refractivity contribution < 1.29 is 16.8 Å². The highest BCUT2D eigenvalue weighted by molar-refractivity contribution is 5.41. The summed E-state index contributed by atoms with van der Waals surface area (Å²) in [6.07, 6.45) is 0. The second-order valence-electron chi connectivity index (χ2n) is 1.65. The predicted molar refractivity (Wildman–Crippen MR) is 34.2 cm³/mol. The van der Waals surface area contributed by atoms with Crippen LogP contribution in [0.25, 0.3) is 0 Å². The fourth-order valence-corrected chi connectivity index (χ4v) is 0.546. The van der Waals surface area contributed by atoms with E-state index >= 15 is 0 Å². The minimum atomic E-state index is -0.256. The van der Waals surface area contributed by atoms with Crippen molar-refractivity contribution in [2.24, 2.45) is 5.84 Å². The van der Waals surface area contributed by atoms with Gasteiger partial charge in [0.1, 0.15) is 5.82 Å². The molecule has 0 aromatic heterocycles. The van der Waals surface area contributed by atoms with Crippen molar-refractivity contribution in [2.75, 3.05) is 5.43 Å². The summed E-state index contributed by atoms with van der Waals surface area (Å²) in [5.74, 6) is 4.77. The molecule has 0 spiro atoms. The lowest BCUT2D eigenvalue weighted by Gasteiger charge is -1.95. The van der Waals surface area contributed by atoms with Crippen LogP contribution in [0.3, 0.4) is 0 Å². The van der Waals surface area contributed by atoms with Gasteiger partial charge < -0.3 is 17.8 Å². The van der Waals surface area contributed by atoms with Crippen LogP contribution in [-0.4, -0.2) is 0 Å². The maximum absolute atomic E-state index is 12.2. The summed E-state index contributed by atoms with van der Waals surface area (Å²) in [7, 11) is 0. The quantitative estimate of drug-likeness (QED) is 0.374. The van der Waals surface area contributed by atoms with Crippen molar-refractivity contribution >= 4 is 5.69 Å². The Morgan fingerprint density at radius 3 is 2.10 bits per heavy atom. The van der Waals surface area contributed by atoms with E-state index in [1.165, 1.54) is 12.1 Å². The molecular formula is C6H7ClFN2-. The lowest BCUT2D eigenvalue weighted by Crippen LogP contribution is -3.00. The van der Waals surface area contributed by atoms with Crippen LogP contribution >= 0.6 is 0 Å². The highest BCUT2D eigenvalue weighted by Crippen LogP contribution is 2.05. The van der Waals surface area contributed by atoms with Crippen LogP contribution in [0, 0.1) is 5.82 Å². The van der Waals surface area contributed by atoms with E-state index < -0.39 is 0 Å². The number of hydrogen-bond donors (Lipinski definition) is 2. The summed E-state index contributed by atoms with van der Waals surface area (Å²) in [5, 5.41) is 0. The van der Waals surface area contributed by atoms with Gasteiger partial charge in [0, 0.05) is 5.69 Å². The minimum Gasteiger partial charge on any atom is -1.00 e. The zero-order chi connectivity index (χ0) is 6.69. The van der Waals surface area contributed by atoms with E-state index in [2.05, 4.69) is 5.43 Å². The number of nitrogens with two attached hydrogens (primary N) is 1. The van der Waals surface area contributed by atoms with Crippen molar-refractivity contribution in [1.29, 1.82) is 0 Å². The van der Waals surface area contributed by atoms with Gasteiger partial charge >= 0.3 is 0 Å². The van der Waals surface area contributed by atoms with E-state index in [1.807, 2.05) is 0 Å². The van der Waals surface area contributed by atoms with Gasteiger partial charge in [0.2, 0.25) is 0 Å². The molecule has 56 valence electrons. The highest BCUT2D eigenvalue weighted by Gasteiger charge is 1.87. The van der Waals surface area contributed by atoms with Crippen molar-refractivity contribution in [2.45, 2.75) is 0 Å². The molecule has 4 heteroatoms. The Labute approximate surface area is 64.6 Å². The minimum absolute atomic E-state index is 0. The molecule has 10 heavy (non-hydrogen) atoms. The third-order valence-electron chi connectivity index (χ3n) is 1.01. The molecule has 1 aromatic carbocycles. The van der Waals surface area contributed by atoms with E-state index in [4.69, 9.17) is 5.84 Å². The van der Waals surface area contributed by atoms with Crippen LogP contribution in [0.15, 0.2) is 24.3 Å². The standard InChI is InChI=1S/C6H7FN2.ClH/c7-5-1-3-6(9-8)4-2-5;/h1-4,9H,8H2;1H/p-1. The molecule has 2 nitrogen and oxygen atoms in total. The first-order valence-electron chi connectivity index (χ1n) is 2.55. The normalized spacial score (nSPS) is 8.20. The number of hydrazine groups is 1. The lowest BCUT2D eigenvalue weighted by molar-refractivity contribution is -0.00000252. The largest absolute Gasteiger partial charge is 1.00 e. The lowest BCUT2D eigenvalue weighted by atomic mass is 10.3. The average Bonchev–Trinajstić information content (AvgIpc) is 1.90. The molecule has 0 aliphatic rings. The summed E-state index contributed by atoms with van der Waals surface area (Å²) in [6.45, 7) is 0. The maximum Gasteiger partial charge on any atom is 0.123 e. The van der Waals surface area contributed by atoms with Gasteiger partial charge in [0.15, 0.2) is 0 Å². The first-order chi connectivity index (χ1) is 4.33. The second-order valence-corrected chi connectivity index (χ2v) is 1.65. The third-order valence-corrected chi connectivity index (χ3v) is 1.01. The topological polar surface area (TPSA) is 38.0 Å². The van der Waals surface area contributed by atoms with Crippen LogP contribution < -0.4 is 23.7 Å². The molecule has 0 atom stereocenters. The molecule has 0 bridgehead atoms. The number of anilines is 1. The molecular weight excluding hydrogens is 155 g/mol. The van der Waals surface area contributed by atoms with Crippen molar-refractivity contribution in [1.82, 2.24) is 0 Å². The van der Waals surface area contributed by atoms with Crippen LogP contribution in [0.5, 0.6) is 0 Å². The first kappa shape index (κ1) is 9.20. The molecule has 0 amide bonds. The molecule has 0 aliphatic carbocycles. The molecule has 0 fully saturated rings. The van der Waals surface area contributed by atoms with E-state index in [0.29, 0.717) is 5.69 Å². The van der Waals surface area contributed by atoms with Crippen molar-refractivity contribution in [3.05, 3.63) is 30.1 Å². The molecule has 1 rings (SSSR count). The molecule has 0 saturated carbocycles. The van der Waals surface area contributed by atoms with Crippen LogP contribution in [-0.2, 0) is 0 Å². The molecule has 3 N–H and O–H groups in total. The van der Waals surface area contributed by atoms with Crippen molar-refractivity contribution in [3.8, 4) is 0 Å². The molecule has 0 heterocycles. The van der Waals surface area contributed by atoms with E-state index in [1.54, 1.807) is 12.1 Å². The molecule has 0 saturated heterocycles. The predicted octanol–water partition coefficient (Wildman–Crippen LogP) is -1.88. The van der Waals surface area contributed by atoms with Crippen LogP contribution in [0.2, 0.25) is 0 Å². The third kappa shape index (κ3) is 2.21. The number of nitrogens with one attached hydrogen (secondary N) is 1. The summed E-state index contributed by atoms with van der Waals surface area (Å²) in [6, 6.07) is 5.81. The number of nitrogen functional groups attached to an aromatic ring is 1. The maximum atomic E-state index is 12.2. The van der Waals surface area contributed by atoms with Crippen LogP contribution in [0.1, 0.15) is 0 Å². The summed E-state index contributed by atoms with van der Waals surface area (Å²) in [5.41, 5.74) is 3.09. The van der Waals surface area contributed by atoms with Crippen LogP contribution in [0.4, 0.5) is 10.1 Å². The number of hydrogen-bond acceptors (Lipinski definition) is 2. The first-order valence-corrected chi connectivity index (χ1v) is 2.55. The van der Waals surface area contributed by atoms with Gasteiger partial charge in [-0.15, -0.1) is 0 Å². The Morgan fingerprint density at radius 1 is 1.20 bits per heavy atom. The smallest absolute Gasteiger partial charge is 0.123 e. The fraction of sp³-hybridized carbons (Fsp3) is 0. The van der Waals surface area contributed by atoms with E-state index in [-0.39, 0.29) is 18.2 Å². The molecule has 0 aliphatic heterocycles. The Kier molecular flexibility index (Phi) is 3.76. The van der Waals surface area contributed by atoms with E-state index in [9.17, 15) is 4.39 Å². The zero-order valence-corrected chi connectivity index (χ0v) is 5.90. The monoisotopic (exact) mass is 161 g/mol. The molecule has 0 unspecified atom stereocenters. The van der Waals surface area contributed by atoms with Crippen molar-refractivity contribution in [3.63, 3.8) is 0 Å². The fourth-order valence-electron chi connectivity index (χ4n) is 0.546. The van der Waals surface area contributed by atoms with Gasteiger partial charge in [0.05, 0.1) is 0 Å². The average molecular weight is 162 g/mol. The Hall–Kier alpha value is -0.800. The Bertz CT molecular complexity index is 187. The summed E-state index contributed by atoms with van der Waals surface area (Å²) < 4.78 is 12.2. The highest BCUT2D eigenvalue weighted by atomic mass is 35.5. The SMILES string of the molecule is NNc1ccc(F)cc1.[Cl-]. The number of benzene rings is 1. The number of rotatable bonds is 1. The van der Waals surface area contributed by atoms with Gasteiger partial charge in [-0.2, -0.15) is 0 Å². The summed E-state index contributed by atoms with van der Waals surface area (Å²) >= 11 is 0. The van der Waals surface area contributed by atoms with E-state index in [0.717, 1.165) is 0 Å². The van der Waals surface area contributed by atoms with Gasteiger partial charge in [-0.3, -0.25) is 5.84 Å². The van der Waals surface area contributed by atoms with Gasteiger partial charge in [-0.25, -0.2) is 4.39 Å². The number of halogens is 2. The molecule has 0 radical (unpaired) electrons. The van der Waals surface area contributed by atoms with Gasteiger partial charge in [-0.05, 0) is 24.3 Å².